The molecule has 358 valence electrons. The largest absolute Gasteiger partial charge is 0.508 e. The van der Waals surface area contributed by atoms with Crippen molar-refractivity contribution in [1.29, 1.82) is 0 Å². The van der Waals surface area contributed by atoms with E-state index in [-0.39, 0.29) is 0 Å². The molecule has 0 radical (unpaired) electrons. The van der Waals surface area contributed by atoms with E-state index in [2.05, 4.69) is 0 Å². The minimum absolute atomic E-state index is 0.412. The molecule has 8 aliphatic rings. The zero-order valence-electron chi connectivity index (χ0n) is 33.5. The van der Waals surface area contributed by atoms with Crippen LogP contribution in [0.5, 0.6) is 34.5 Å². The van der Waals surface area contributed by atoms with Crippen molar-refractivity contribution in [3.63, 3.8) is 0 Å². The van der Waals surface area contributed by atoms with Crippen molar-refractivity contribution in [1.82, 2.24) is 0 Å². The van der Waals surface area contributed by atoms with Gasteiger partial charge in [0.05, 0.1) is 46.5 Å². The smallest absolute Gasteiger partial charge is 0.339 e. The second-order valence-electron chi connectivity index (χ2n) is 17.0. The fourth-order valence-corrected chi connectivity index (χ4v) is 10.3. The van der Waals surface area contributed by atoms with Gasteiger partial charge in [0.1, 0.15) is 48.6 Å². The molecular formula is C41H38O26. The number of ether oxygens (including phenoxy) is 5. The molecule has 8 bridgehead atoms. The number of aromatic hydroxyl groups is 6. The van der Waals surface area contributed by atoms with Gasteiger partial charge < -0.3 is 105 Å². The third-order valence-electron chi connectivity index (χ3n) is 13.6. The first-order valence-electron chi connectivity index (χ1n) is 20.1. The molecule has 10 rings (SSSR count). The molecule has 0 aromatic heterocycles. The van der Waals surface area contributed by atoms with Crippen LogP contribution < -0.4 is 0 Å². The summed E-state index contributed by atoms with van der Waals surface area (Å²) in [5.74, 6) is -35.4. The Morgan fingerprint density at radius 3 is 1.84 bits per heavy atom. The van der Waals surface area contributed by atoms with E-state index in [1.54, 1.807) is 0 Å². The summed E-state index contributed by atoms with van der Waals surface area (Å²) in [6.07, 6.45) is -24.8. The molecule has 16 atom stereocenters. The summed E-state index contributed by atoms with van der Waals surface area (Å²) in [5, 5.41) is 179. The topological polar surface area (TPSA) is 455 Å². The van der Waals surface area contributed by atoms with Crippen LogP contribution in [-0.4, -0.2) is 179 Å². The lowest BCUT2D eigenvalue weighted by molar-refractivity contribution is -0.224. The first-order valence-corrected chi connectivity index (χ1v) is 20.1. The van der Waals surface area contributed by atoms with Gasteiger partial charge in [-0.1, -0.05) is 6.08 Å². The molecule has 26 nitrogen and oxygen atoms in total. The summed E-state index contributed by atoms with van der Waals surface area (Å²) in [5.41, 5.74) is -6.56. The van der Waals surface area contributed by atoms with Gasteiger partial charge in [-0.15, -0.1) is 0 Å². The number of phenols is 6. The molecule has 67 heavy (non-hydrogen) atoms. The van der Waals surface area contributed by atoms with Crippen LogP contribution in [0.15, 0.2) is 40.8 Å². The molecule has 3 aliphatic carbocycles. The van der Waals surface area contributed by atoms with Gasteiger partial charge in [-0.3, -0.25) is 9.59 Å². The second kappa shape index (κ2) is 15.4. The molecule has 26 heteroatoms. The molecule has 2 aromatic rings. The number of phenolic OH excluding ortho intramolecular Hbond substituents is 6. The Bertz CT molecular complexity index is 2670. The Labute approximate surface area is 371 Å². The number of benzene rings is 2. The van der Waals surface area contributed by atoms with Gasteiger partial charge in [0.15, 0.2) is 58.9 Å². The summed E-state index contributed by atoms with van der Waals surface area (Å²) in [7, 11) is 0. The van der Waals surface area contributed by atoms with Gasteiger partial charge >= 0.3 is 29.8 Å². The number of rotatable bonds is 0. The van der Waals surface area contributed by atoms with E-state index in [4.69, 9.17) is 23.7 Å². The van der Waals surface area contributed by atoms with Crippen molar-refractivity contribution in [2.24, 2.45) is 17.8 Å². The number of allylic oxidation sites excluding steroid dienone is 2. The first-order chi connectivity index (χ1) is 31.5. The van der Waals surface area contributed by atoms with Crippen molar-refractivity contribution >= 4 is 29.8 Å². The fraction of sp³-hybridized carbons (Fsp3) is 0.439. The molecule has 5 aliphatic heterocycles. The van der Waals surface area contributed by atoms with E-state index in [0.29, 0.717) is 12.1 Å². The highest BCUT2D eigenvalue weighted by Gasteiger charge is 2.64. The van der Waals surface area contributed by atoms with Crippen molar-refractivity contribution < 1.29 is 129 Å². The Kier molecular flexibility index (Phi) is 10.3. The maximum atomic E-state index is 15.0. The summed E-state index contributed by atoms with van der Waals surface area (Å²) in [6, 6.07) is 0.412. The summed E-state index contributed by atoms with van der Waals surface area (Å²) in [4.78, 5) is 72.5. The van der Waals surface area contributed by atoms with Crippen molar-refractivity contribution in [3.05, 3.63) is 68.6 Å². The molecular weight excluding hydrogens is 908 g/mol. The normalized spacial score (nSPS) is 37.1. The zero-order valence-corrected chi connectivity index (χ0v) is 33.5. The number of hydrogen-bond donors (Lipinski definition) is 16. The molecule has 5 heterocycles. The van der Waals surface area contributed by atoms with Gasteiger partial charge in [-0.05, 0) is 12.5 Å². The monoisotopic (exact) mass is 946 g/mol. The number of hydrogen-bond acceptors (Lipinski definition) is 26. The quantitative estimate of drug-likeness (QED) is 0.0730. The lowest BCUT2D eigenvalue weighted by Gasteiger charge is -2.50. The van der Waals surface area contributed by atoms with Crippen molar-refractivity contribution in [3.8, 4) is 34.5 Å². The van der Waals surface area contributed by atoms with Gasteiger partial charge in [-0.2, -0.15) is 0 Å². The standard InChI is InChI=1S/C41H38O26/c42-9-2-6-13(24(48)22(9)46)14-7(3-10(43)23(47)25(14)49)38(59)65-34-11(4-63-37(6)58)64-39(60)8-1-5(20(44)31(55)21(8)45)12-17-15(27(51)32(56)26(12)50)16-18-19(29(53)33(57)28(16)52)30(54)35(66-41(18)62)36(34)67-40(17)61/h1,3,5-6,9,11,13,16,18-21,29-31,34-36,42-57H,2,4H2/t5-,6-,9+,11?,13+,16-,18?,19+,20?,21-,29+,30+,31+,34?,35?,36?/m0/s1. The number of fused-ring (bicyclic) bond motifs is 7. The van der Waals surface area contributed by atoms with E-state index in [1.807, 2.05) is 0 Å². The second-order valence-corrected chi connectivity index (χ2v) is 17.0. The van der Waals surface area contributed by atoms with E-state index in [9.17, 15) is 101 Å². The molecule has 0 spiro atoms. The van der Waals surface area contributed by atoms with Crippen LogP contribution in [0.4, 0.5) is 0 Å². The van der Waals surface area contributed by atoms with Gasteiger partial charge in [0.25, 0.3) is 0 Å². The summed E-state index contributed by atoms with van der Waals surface area (Å²) in [6.45, 7) is -1.40. The zero-order chi connectivity index (χ0) is 48.7. The van der Waals surface area contributed by atoms with Crippen LogP contribution in [0.2, 0.25) is 0 Å². The SMILES string of the molecule is O=C1OC2COC(=O)[C@H]3C[C@@H](O)C(O)=C(O)[C@H]3c3c(cc(O)c(O)c3O)C(=O)OC2C2OC(=O)c3c(c(O)c(O)c(O)c3[C@@H]3C(O)=C(O)[C@H](O)[C@H]4C3C(=O)OC2[C@@H]4O)[C@@H]2C=C1[C@H](O)[C@H](O)C2O. The Hall–Kier alpha value is -7.23. The number of esters is 5. The first kappa shape index (κ1) is 44.9. The van der Waals surface area contributed by atoms with Gasteiger partial charge in [-0.25, -0.2) is 14.4 Å². The number of carbonyl (C=O) groups is 5. The average molecular weight is 947 g/mol. The van der Waals surface area contributed by atoms with Crippen LogP contribution in [-0.2, 0) is 38.1 Å². The van der Waals surface area contributed by atoms with Gasteiger partial charge in [0.2, 0.25) is 11.5 Å². The minimum Gasteiger partial charge on any atom is -0.508 e. The summed E-state index contributed by atoms with van der Waals surface area (Å²) < 4.78 is 28.3. The molecule has 16 N–H and O–H groups in total. The minimum atomic E-state index is -2.70. The fourth-order valence-electron chi connectivity index (χ4n) is 10.3. The maximum absolute atomic E-state index is 15.0. The van der Waals surface area contributed by atoms with Crippen LogP contribution in [0.25, 0.3) is 0 Å². The maximum Gasteiger partial charge on any atom is 0.339 e. The third kappa shape index (κ3) is 6.27. The Balaban J connectivity index is 1.37. The van der Waals surface area contributed by atoms with E-state index >= 15 is 4.79 Å². The van der Waals surface area contributed by atoms with Crippen molar-refractivity contribution in [2.45, 2.75) is 85.2 Å². The molecule has 1 saturated heterocycles. The number of cyclic esters (lactones) is 1. The predicted molar refractivity (Wildman–Crippen MR) is 204 cm³/mol. The average Bonchev–Trinajstić information content (AvgIpc) is 3.29. The van der Waals surface area contributed by atoms with E-state index in [0.717, 1.165) is 0 Å². The van der Waals surface area contributed by atoms with E-state index in [1.165, 1.54) is 0 Å². The van der Waals surface area contributed by atoms with E-state index < -0.39 is 230 Å². The predicted octanol–water partition coefficient (Wildman–Crippen LogP) is -2.63. The lowest BCUT2D eigenvalue weighted by Crippen LogP contribution is -2.65. The van der Waals surface area contributed by atoms with Crippen LogP contribution in [0, 0.1) is 17.8 Å². The Morgan fingerprint density at radius 2 is 1.15 bits per heavy atom. The number of carbonyl (C=O) groups excluding carboxylic acids is 5. The highest BCUT2D eigenvalue weighted by atomic mass is 16.6. The highest BCUT2D eigenvalue weighted by molar-refractivity contribution is 5.99. The molecule has 2 aromatic carbocycles. The lowest BCUT2D eigenvalue weighted by atomic mass is 9.63. The summed E-state index contributed by atoms with van der Waals surface area (Å²) >= 11 is 0. The molecule has 0 saturated carbocycles. The number of aliphatic hydroxyl groups excluding tert-OH is 10. The van der Waals surface area contributed by atoms with Crippen molar-refractivity contribution in [2.75, 3.05) is 6.61 Å². The van der Waals surface area contributed by atoms with Crippen LogP contribution >= 0.6 is 0 Å². The Morgan fingerprint density at radius 1 is 0.522 bits per heavy atom. The molecule has 1 fully saturated rings. The molecule has 6 unspecified atom stereocenters. The number of aliphatic hydroxyl groups is 10. The highest BCUT2D eigenvalue weighted by Crippen LogP contribution is 2.58. The van der Waals surface area contributed by atoms with Gasteiger partial charge in [0, 0.05) is 28.5 Å². The van der Waals surface area contributed by atoms with Crippen LogP contribution in [0.1, 0.15) is 61.6 Å². The molecule has 0 amide bonds. The third-order valence-corrected chi connectivity index (χ3v) is 13.6. The van der Waals surface area contributed by atoms with Crippen LogP contribution in [0.3, 0.4) is 0 Å².